The monoisotopic (exact) mass is 228 g/mol. The Morgan fingerprint density at radius 2 is 1.25 bits per heavy atom. The highest BCUT2D eigenvalue weighted by atomic mass is 32.2. The van der Waals surface area contributed by atoms with Crippen LogP contribution in [0.4, 0.5) is 0 Å². The van der Waals surface area contributed by atoms with Crippen LogP contribution in [0.5, 0.6) is 0 Å². The summed E-state index contributed by atoms with van der Waals surface area (Å²) in [4.78, 5) is 1.31. The second-order valence-corrected chi connectivity index (χ2v) is 3.97. The summed E-state index contributed by atoms with van der Waals surface area (Å²) in [5.74, 6) is 0. The van der Waals surface area contributed by atoms with Gasteiger partial charge in [0.2, 0.25) is 0 Å². The van der Waals surface area contributed by atoms with Crippen LogP contribution in [0, 0.1) is 0 Å². The molecule has 0 heterocycles. The topological polar surface area (TPSA) is 0 Å². The van der Waals surface area contributed by atoms with E-state index >= 15 is 0 Å². The van der Waals surface area contributed by atoms with Crippen LogP contribution < -0.4 is 0 Å². The van der Waals surface area contributed by atoms with E-state index < -0.39 is 0 Å². The Kier molecular flexibility index (Phi) is 5.44. The SMILES string of the molecule is C=C.CSc1ccc(-c2ccccc2)cc1. The summed E-state index contributed by atoms with van der Waals surface area (Å²) < 4.78 is 0. The van der Waals surface area contributed by atoms with Crippen molar-refractivity contribution in [3.05, 3.63) is 67.8 Å². The van der Waals surface area contributed by atoms with Crippen molar-refractivity contribution in [1.29, 1.82) is 0 Å². The van der Waals surface area contributed by atoms with Gasteiger partial charge in [-0.05, 0) is 29.5 Å². The quantitative estimate of drug-likeness (QED) is 0.521. The van der Waals surface area contributed by atoms with Crippen molar-refractivity contribution >= 4 is 11.8 Å². The van der Waals surface area contributed by atoms with E-state index in [1.165, 1.54) is 16.0 Å². The molecule has 0 bridgehead atoms. The van der Waals surface area contributed by atoms with Gasteiger partial charge in [-0.15, -0.1) is 24.9 Å². The number of hydrogen-bond acceptors (Lipinski definition) is 1. The third kappa shape index (κ3) is 3.28. The number of hydrogen-bond donors (Lipinski definition) is 0. The van der Waals surface area contributed by atoms with Crippen LogP contribution in [0.2, 0.25) is 0 Å². The molecule has 0 aliphatic heterocycles. The summed E-state index contributed by atoms with van der Waals surface area (Å²) in [6.45, 7) is 6.00. The maximum Gasteiger partial charge on any atom is 0.00695 e. The molecule has 16 heavy (non-hydrogen) atoms. The van der Waals surface area contributed by atoms with Gasteiger partial charge >= 0.3 is 0 Å². The van der Waals surface area contributed by atoms with Crippen LogP contribution in [-0.4, -0.2) is 6.26 Å². The summed E-state index contributed by atoms with van der Waals surface area (Å²) in [5.41, 5.74) is 2.56. The molecule has 0 atom stereocenters. The van der Waals surface area contributed by atoms with E-state index in [0.717, 1.165) is 0 Å². The highest BCUT2D eigenvalue weighted by molar-refractivity contribution is 7.98. The lowest BCUT2D eigenvalue weighted by Gasteiger charge is -2.01. The summed E-state index contributed by atoms with van der Waals surface area (Å²) in [5, 5.41) is 0. The molecule has 0 saturated carbocycles. The molecule has 0 aromatic heterocycles. The number of benzene rings is 2. The minimum Gasteiger partial charge on any atom is -0.130 e. The fourth-order valence-corrected chi connectivity index (χ4v) is 1.82. The summed E-state index contributed by atoms with van der Waals surface area (Å²) in [6, 6.07) is 19.1. The van der Waals surface area contributed by atoms with Gasteiger partial charge in [-0.25, -0.2) is 0 Å². The van der Waals surface area contributed by atoms with E-state index in [1.807, 2.05) is 6.07 Å². The van der Waals surface area contributed by atoms with E-state index in [-0.39, 0.29) is 0 Å². The molecule has 0 fully saturated rings. The van der Waals surface area contributed by atoms with Crippen LogP contribution in [0.1, 0.15) is 0 Å². The Hall–Kier alpha value is -1.47. The highest BCUT2D eigenvalue weighted by Crippen LogP contribution is 2.22. The summed E-state index contributed by atoms with van der Waals surface area (Å²) in [7, 11) is 0. The largest absolute Gasteiger partial charge is 0.130 e. The zero-order valence-corrected chi connectivity index (χ0v) is 10.3. The molecule has 82 valence electrons. The molecule has 2 rings (SSSR count). The van der Waals surface area contributed by atoms with Crippen molar-refractivity contribution in [1.82, 2.24) is 0 Å². The predicted octanol–water partition coefficient (Wildman–Crippen LogP) is 4.88. The summed E-state index contributed by atoms with van der Waals surface area (Å²) >= 11 is 1.77. The van der Waals surface area contributed by atoms with E-state index in [1.54, 1.807) is 11.8 Å². The first-order valence-electron chi connectivity index (χ1n) is 5.09. The van der Waals surface area contributed by atoms with Gasteiger partial charge in [0.1, 0.15) is 0 Å². The molecule has 0 spiro atoms. The van der Waals surface area contributed by atoms with Gasteiger partial charge in [-0.3, -0.25) is 0 Å². The van der Waals surface area contributed by atoms with Crippen molar-refractivity contribution in [3.63, 3.8) is 0 Å². The minimum absolute atomic E-state index is 1.28. The van der Waals surface area contributed by atoms with Gasteiger partial charge in [0.15, 0.2) is 0 Å². The van der Waals surface area contributed by atoms with Crippen molar-refractivity contribution in [2.75, 3.05) is 6.26 Å². The minimum atomic E-state index is 1.28. The van der Waals surface area contributed by atoms with Gasteiger partial charge < -0.3 is 0 Å². The summed E-state index contributed by atoms with van der Waals surface area (Å²) in [6.07, 6.45) is 2.09. The zero-order valence-electron chi connectivity index (χ0n) is 9.52. The molecule has 0 saturated heterocycles. The van der Waals surface area contributed by atoms with Gasteiger partial charge in [0, 0.05) is 4.90 Å². The average Bonchev–Trinajstić information content (AvgIpc) is 2.42. The Bertz CT molecular complexity index is 403. The van der Waals surface area contributed by atoms with Crippen molar-refractivity contribution in [3.8, 4) is 11.1 Å². The maximum absolute atomic E-state index is 3.00. The van der Waals surface area contributed by atoms with Crippen LogP contribution in [-0.2, 0) is 0 Å². The Morgan fingerprint density at radius 3 is 1.75 bits per heavy atom. The molecule has 0 amide bonds. The standard InChI is InChI=1S/C13H12S.C2H4/c1-14-13-9-7-12(8-10-13)11-5-3-2-4-6-11;1-2/h2-10H,1H3;1-2H2. The highest BCUT2D eigenvalue weighted by Gasteiger charge is 1.95. The first-order chi connectivity index (χ1) is 7.90. The molecule has 0 radical (unpaired) electrons. The molecular weight excluding hydrogens is 212 g/mol. The first kappa shape index (κ1) is 12.6. The molecular formula is C15H16S. The fraction of sp³-hybridized carbons (Fsp3) is 0.0667. The Balaban J connectivity index is 0.000000606. The van der Waals surface area contributed by atoms with Crippen molar-refractivity contribution in [2.45, 2.75) is 4.90 Å². The Labute approximate surface area is 102 Å². The molecule has 0 N–H and O–H groups in total. The van der Waals surface area contributed by atoms with Gasteiger partial charge in [0.05, 0.1) is 0 Å². The van der Waals surface area contributed by atoms with Gasteiger partial charge in [-0.1, -0.05) is 42.5 Å². The normalized spacial score (nSPS) is 9.06. The molecule has 0 aliphatic rings. The van der Waals surface area contributed by atoms with E-state index in [9.17, 15) is 0 Å². The van der Waals surface area contributed by atoms with Crippen LogP contribution in [0.15, 0.2) is 72.7 Å². The molecule has 2 aromatic rings. The van der Waals surface area contributed by atoms with E-state index in [2.05, 4.69) is 67.9 Å². The smallest absolute Gasteiger partial charge is 0.00695 e. The number of thioether (sulfide) groups is 1. The molecule has 0 unspecified atom stereocenters. The lowest BCUT2D eigenvalue weighted by atomic mass is 10.1. The second-order valence-electron chi connectivity index (χ2n) is 3.09. The number of rotatable bonds is 2. The van der Waals surface area contributed by atoms with E-state index in [4.69, 9.17) is 0 Å². The maximum atomic E-state index is 3.00. The third-order valence-corrected chi connectivity index (χ3v) is 2.94. The van der Waals surface area contributed by atoms with Crippen LogP contribution in [0.25, 0.3) is 11.1 Å². The second kappa shape index (κ2) is 6.91. The van der Waals surface area contributed by atoms with Crippen molar-refractivity contribution in [2.24, 2.45) is 0 Å². The van der Waals surface area contributed by atoms with Crippen LogP contribution in [0.3, 0.4) is 0 Å². The van der Waals surface area contributed by atoms with Crippen molar-refractivity contribution < 1.29 is 0 Å². The molecule has 1 heteroatoms. The molecule has 0 nitrogen and oxygen atoms in total. The lowest BCUT2D eigenvalue weighted by molar-refractivity contribution is 1.46. The van der Waals surface area contributed by atoms with Gasteiger partial charge in [0.25, 0.3) is 0 Å². The predicted molar refractivity (Wildman–Crippen MR) is 74.9 cm³/mol. The average molecular weight is 228 g/mol. The lowest BCUT2D eigenvalue weighted by Crippen LogP contribution is -1.76. The Morgan fingerprint density at radius 1 is 0.750 bits per heavy atom. The molecule has 0 aliphatic carbocycles. The molecule has 2 aromatic carbocycles. The third-order valence-electron chi connectivity index (χ3n) is 2.20. The fourth-order valence-electron chi connectivity index (χ4n) is 1.41. The first-order valence-corrected chi connectivity index (χ1v) is 6.32. The van der Waals surface area contributed by atoms with Crippen LogP contribution >= 0.6 is 11.8 Å². The van der Waals surface area contributed by atoms with Gasteiger partial charge in [-0.2, -0.15) is 0 Å². The zero-order chi connectivity index (χ0) is 11.8. The van der Waals surface area contributed by atoms with E-state index in [0.29, 0.717) is 0 Å².